The zero-order valence-electron chi connectivity index (χ0n) is 59.4. The van der Waals surface area contributed by atoms with Crippen molar-refractivity contribution >= 4 is 25.7 Å². The summed E-state index contributed by atoms with van der Waals surface area (Å²) in [4.78, 5) is 51.0. The molecule has 0 spiro atoms. The third kappa shape index (κ3) is 37.6. The first-order valence-electron chi connectivity index (χ1n) is 38.0. The Kier molecular flexibility index (Phi) is 49.8. The predicted octanol–water partition coefficient (Wildman–Crippen LogP) is 10.4. The van der Waals surface area contributed by atoms with Crippen molar-refractivity contribution in [3.63, 3.8) is 0 Å². The van der Waals surface area contributed by atoms with Gasteiger partial charge in [-0.15, -0.1) is 0 Å². The molecule has 1 saturated carbocycles. The van der Waals surface area contributed by atoms with Crippen LogP contribution in [0.2, 0.25) is 0 Å². The third-order valence-electron chi connectivity index (χ3n) is 18.8. The molecule has 18 unspecified atom stereocenters. The number of phosphoric acid groups is 1. The molecular weight excluding hydrogens is 1280 g/mol. The molecule has 570 valence electrons. The monoisotopic (exact) mass is 1410 g/mol. The molecule has 97 heavy (non-hydrogen) atoms. The highest BCUT2D eigenvalue weighted by Gasteiger charge is 2.58. The summed E-state index contributed by atoms with van der Waals surface area (Å²) in [5.41, 5.74) is 0. The SMILES string of the molecule is CCCCCCCC/C=C\CCCCCC(=O)OCC(COP(=O)(O)OC1C(OC2OC(CO)C(O)C(O)C2O)C(O)C(O)C(O)C1OC1OC(COC(=O)CCCCCCCCCCCCCCCC)C(O)C(O)C1O)OC(=O)CCCCCCCCCCCCCCCCC. The van der Waals surface area contributed by atoms with Crippen molar-refractivity contribution in [3.8, 4) is 0 Å². The zero-order chi connectivity index (χ0) is 71.1. The summed E-state index contributed by atoms with van der Waals surface area (Å²) in [5.74, 6) is -2.00. The van der Waals surface area contributed by atoms with Gasteiger partial charge in [-0.3, -0.25) is 23.4 Å². The number of aliphatic hydroxyl groups excluding tert-OH is 10. The van der Waals surface area contributed by atoms with E-state index in [2.05, 4.69) is 32.9 Å². The predicted molar refractivity (Wildman–Crippen MR) is 365 cm³/mol. The van der Waals surface area contributed by atoms with Crippen LogP contribution in [-0.4, -0.2) is 204 Å². The second-order valence-corrected chi connectivity index (χ2v) is 28.8. The number of rotatable bonds is 59. The van der Waals surface area contributed by atoms with E-state index in [0.717, 1.165) is 96.3 Å². The van der Waals surface area contributed by atoms with Gasteiger partial charge in [-0.1, -0.05) is 245 Å². The quantitative estimate of drug-likeness (QED) is 0.00886. The minimum Gasteiger partial charge on any atom is -0.463 e. The average molecular weight is 1410 g/mol. The standard InChI is InChI=1S/C72H133O24P/c1-4-7-10-13-16-19-22-25-27-30-33-36-39-42-45-48-58(76)91-53(50-88-56(74)46-43-40-37-34-31-28-24-21-18-15-12-9-6-3)51-90-97(86,87)96-70-68(94-71-66(84)61(79)59(77)54(49-73)92-71)64(82)63(81)65(83)69(70)95-72-67(85)62(80)60(78)55(93-72)52-89-57(75)47-44-41-38-35-32-29-26-23-20-17-14-11-8-5-2/h28,31,53-55,59-73,77-85H,4-27,29-30,32-52H2,1-3H3,(H,86,87)/b31-28-. The largest absolute Gasteiger partial charge is 0.472 e. The summed E-state index contributed by atoms with van der Waals surface area (Å²) in [5, 5.41) is 110. The normalized spacial score (nSPS) is 27.8. The van der Waals surface area contributed by atoms with Crippen LogP contribution in [0.15, 0.2) is 12.2 Å². The van der Waals surface area contributed by atoms with Crippen molar-refractivity contribution in [2.75, 3.05) is 26.4 Å². The molecule has 0 amide bonds. The van der Waals surface area contributed by atoms with E-state index in [-0.39, 0.29) is 19.3 Å². The van der Waals surface area contributed by atoms with Gasteiger partial charge in [0.25, 0.3) is 0 Å². The molecular formula is C72H133O24P. The van der Waals surface area contributed by atoms with Gasteiger partial charge in [0.2, 0.25) is 0 Å². The Bertz CT molecular complexity index is 2060. The second-order valence-electron chi connectivity index (χ2n) is 27.4. The van der Waals surface area contributed by atoms with Crippen LogP contribution in [0.3, 0.4) is 0 Å². The summed E-state index contributed by atoms with van der Waals surface area (Å²) in [7, 11) is -5.70. The van der Waals surface area contributed by atoms with E-state index in [1.807, 2.05) is 0 Å². The van der Waals surface area contributed by atoms with Crippen LogP contribution in [0.25, 0.3) is 0 Å². The topological polar surface area (TPSA) is 374 Å². The van der Waals surface area contributed by atoms with Gasteiger partial charge in [0.05, 0.1) is 13.2 Å². The van der Waals surface area contributed by atoms with E-state index in [1.54, 1.807) is 0 Å². The first kappa shape index (κ1) is 88.9. The minimum absolute atomic E-state index is 0.0278. The van der Waals surface area contributed by atoms with Gasteiger partial charge in [0.15, 0.2) is 18.7 Å². The Morgan fingerprint density at radius 3 is 1.12 bits per heavy atom. The highest BCUT2D eigenvalue weighted by Crippen LogP contribution is 2.49. The number of phosphoric ester groups is 1. The van der Waals surface area contributed by atoms with Crippen molar-refractivity contribution < 1.29 is 117 Å². The van der Waals surface area contributed by atoms with Gasteiger partial charge < -0.3 is 89.1 Å². The highest BCUT2D eigenvalue weighted by molar-refractivity contribution is 7.47. The fraction of sp³-hybridized carbons (Fsp3) is 0.931. The lowest BCUT2D eigenvalue weighted by molar-refractivity contribution is -0.360. The van der Waals surface area contributed by atoms with Gasteiger partial charge >= 0.3 is 25.7 Å². The Morgan fingerprint density at radius 1 is 0.392 bits per heavy atom. The average Bonchev–Trinajstić information content (AvgIpc) is 0.763. The second kappa shape index (κ2) is 54.4. The van der Waals surface area contributed by atoms with Gasteiger partial charge in [0.1, 0.15) is 98.7 Å². The first-order valence-corrected chi connectivity index (χ1v) is 39.5. The zero-order valence-corrected chi connectivity index (χ0v) is 60.3. The molecule has 2 saturated heterocycles. The fourth-order valence-corrected chi connectivity index (χ4v) is 13.5. The van der Waals surface area contributed by atoms with E-state index >= 15 is 0 Å². The maximum atomic E-state index is 14.3. The van der Waals surface area contributed by atoms with Gasteiger partial charge in [-0.05, 0) is 44.9 Å². The summed E-state index contributed by atoms with van der Waals surface area (Å²) < 4.78 is 65.0. The molecule has 2 aliphatic heterocycles. The van der Waals surface area contributed by atoms with Crippen molar-refractivity contribution in [3.05, 3.63) is 12.2 Å². The van der Waals surface area contributed by atoms with Crippen LogP contribution < -0.4 is 0 Å². The molecule has 25 heteroatoms. The lowest BCUT2D eigenvalue weighted by Gasteiger charge is -2.49. The van der Waals surface area contributed by atoms with E-state index in [0.29, 0.717) is 19.3 Å². The van der Waals surface area contributed by atoms with Gasteiger partial charge in [-0.25, -0.2) is 4.57 Å². The molecule has 1 aliphatic carbocycles. The molecule has 0 radical (unpaired) electrons. The number of allylic oxidation sites excluding steroid dienone is 2. The Hall–Kier alpha value is -2.30. The van der Waals surface area contributed by atoms with E-state index < -0.39 is 156 Å². The lowest BCUT2D eigenvalue weighted by atomic mass is 9.84. The number of unbranched alkanes of at least 4 members (excludes halogenated alkanes) is 36. The van der Waals surface area contributed by atoms with Gasteiger partial charge in [0, 0.05) is 19.3 Å². The molecule has 11 N–H and O–H groups in total. The Morgan fingerprint density at radius 2 is 0.722 bits per heavy atom. The van der Waals surface area contributed by atoms with Crippen LogP contribution >= 0.6 is 7.82 Å². The van der Waals surface area contributed by atoms with Gasteiger partial charge in [-0.2, -0.15) is 0 Å². The molecule has 3 fully saturated rings. The molecule has 0 aromatic heterocycles. The van der Waals surface area contributed by atoms with Crippen LogP contribution in [0.4, 0.5) is 0 Å². The number of ether oxygens (including phenoxy) is 7. The summed E-state index contributed by atoms with van der Waals surface area (Å²) in [6, 6.07) is 0. The maximum absolute atomic E-state index is 14.3. The minimum atomic E-state index is -5.70. The molecule has 24 nitrogen and oxygen atoms in total. The van der Waals surface area contributed by atoms with Crippen LogP contribution in [0.5, 0.6) is 0 Å². The Labute approximate surface area is 580 Å². The highest BCUT2D eigenvalue weighted by atomic mass is 31.2. The van der Waals surface area contributed by atoms with E-state index in [4.69, 9.17) is 42.2 Å². The number of carbonyl (C=O) groups excluding carboxylic acids is 3. The van der Waals surface area contributed by atoms with Crippen molar-refractivity contribution in [2.45, 2.75) is 401 Å². The number of hydrogen-bond acceptors (Lipinski definition) is 23. The van der Waals surface area contributed by atoms with Crippen LogP contribution in [-0.2, 0) is 61.2 Å². The van der Waals surface area contributed by atoms with E-state index in [1.165, 1.54) is 141 Å². The van der Waals surface area contributed by atoms with Crippen molar-refractivity contribution in [1.29, 1.82) is 0 Å². The summed E-state index contributed by atoms with van der Waals surface area (Å²) >= 11 is 0. The molecule has 3 aliphatic rings. The molecule has 0 aromatic carbocycles. The fourth-order valence-electron chi connectivity index (χ4n) is 12.6. The van der Waals surface area contributed by atoms with Crippen LogP contribution in [0.1, 0.15) is 297 Å². The number of carbonyl (C=O) groups is 3. The molecule has 3 rings (SSSR count). The summed E-state index contributed by atoms with van der Waals surface area (Å²) in [6.07, 6.45) is 12.8. The smallest absolute Gasteiger partial charge is 0.463 e. The van der Waals surface area contributed by atoms with Crippen LogP contribution in [0, 0.1) is 0 Å². The molecule has 0 bridgehead atoms. The van der Waals surface area contributed by atoms with E-state index in [9.17, 15) is 74.9 Å². The number of aliphatic hydroxyl groups is 10. The lowest BCUT2D eigenvalue weighted by Crippen LogP contribution is -2.69. The third-order valence-corrected chi connectivity index (χ3v) is 19.8. The number of esters is 3. The molecule has 2 heterocycles. The summed E-state index contributed by atoms with van der Waals surface area (Å²) in [6.45, 7) is 3.44. The Balaban J connectivity index is 1.74. The number of hydrogen-bond donors (Lipinski definition) is 11. The maximum Gasteiger partial charge on any atom is 0.472 e. The molecule has 0 aromatic rings. The van der Waals surface area contributed by atoms with Crippen molar-refractivity contribution in [2.24, 2.45) is 0 Å². The molecule has 18 atom stereocenters. The van der Waals surface area contributed by atoms with Crippen molar-refractivity contribution in [1.82, 2.24) is 0 Å². The first-order chi connectivity index (χ1) is 46.8.